The molecule has 2 aromatic carbocycles. The van der Waals surface area contributed by atoms with Gasteiger partial charge < -0.3 is 10.1 Å². The van der Waals surface area contributed by atoms with Gasteiger partial charge in [-0.3, -0.25) is 19.1 Å². The molecule has 2 heterocycles. The van der Waals surface area contributed by atoms with Gasteiger partial charge in [0.05, 0.1) is 29.8 Å². The van der Waals surface area contributed by atoms with Crippen LogP contribution in [0.1, 0.15) is 25.7 Å². The zero-order valence-electron chi connectivity index (χ0n) is 19.7. The number of rotatable bonds is 11. The monoisotopic (exact) mass is 514 g/mol. The van der Waals surface area contributed by atoms with E-state index in [0.29, 0.717) is 39.7 Å². The molecule has 186 valence electrons. The SMILES string of the molecule is O=C(CCCCSc1nc2ccccc2c(=O)n1-c1cccc(Cl)c1)NCCCN1CCOCC1. The Kier molecular flexibility index (Phi) is 9.59. The van der Waals surface area contributed by atoms with E-state index in [4.69, 9.17) is 21.3 Å². The largest absolute Gasteiger partial charge is 0.379 e. The lowest BCUT2D eigenvalue weighted by atomic mass is 10.2. The molecule has 0 aliphatic carbocycles. The van der Waals surface area contributed by atoms with E-state index in [2.05, 4.69) is 10.2 Å². The third-order valence-corrected chi connectivity index (χ3v) is 7.18. The highest BCUT2D eigenvalue weighted by molar-refractivity contribution is 7.99. The highest BCUT2D eigenvalue weighted by atomic mass is 35.5. The third kappa shape index (κ3) is 7.30. The number of hydrogen-bond acceptors (Lipinski definition) is 6. The van der Waals surface area contributed by atoms with Crippen molar-refractivity contribution in [2.75, 3.05) is 45.1 Å². The fraction of sp³-hybridized carbons (Fsp3) is 0.423. The van der Waals surface area contributed by atoms with Crippen LogP contribution in [0.2, 0.25) is 5.02 Å². The second-order valence-electron chi connectivity index (χ2n) is 8.50. The Bertz CT molecular complexity index is 1200. The molecular formula is C26H31ClN4O3S. The van der Waals surface area contributed by atoms with Crippen LogP contribution in [0.5, 0.6) is 0 Å². The fourth-order valence-electron chi connectivity index (χ4n) is 4.05. The average Bonchev–Trinajstić information content (AvgIpc) is 2.87. The molecule has 9 heteroatoms. The smallest absolute Gasteiger partial charge is 0.266 e. The van der Waals surface area contributed by atoms with Gasteiger partial charge in [-0.25, -0.2) is 4.98 Å². The van der Waals surface area contributed by atoms with Crippen LogP contribution in [0.15, 0.2) is 58.5 Å². The predicted octanol–water partition coefficient (Wildman–Crippen LogP) is 4.14. The van der Waals surface area contributed by atoms with Crippen LogP contribution in [0, 0.1) is 0 Å². The molecule has 1 aromatic heterocycles. The minimum absolute atomic E-state index is 0.0941. The van der Waals surface area contributed by atoms with Crippen LogP contribution in [0.25, 0.3) is 16.6 Å². The summed E-state index contributed by atoms with van der Waals surface area (Å²) in [5.74, 6) is 0.854. The quantitative estimate of drug-likeness (QED) is 0.235. The van der Waals surface area contributed by atoms with Crippen molar-refractivity contribution in [2.45, 2.75) is 30.8 Å². The number of hydrogen-bond donors (Lipinski definition) is 1. The first-order chi connectivity index (χ1) is 17.1. The molecular weight excluding hydrogens is 484 g/mol. The molecule has 0 spiro atoms. The van der Waals surface area contributed by atoms with Crippen LogP contribution in [-0.2, 0) is 9.53 Å². The summed E-state index contributed by atoms with van der Waals surface area (Å²) in [6.45, 7) is 5.25. The molecule has 7 nitrogen and oxygen atoms in total. The molecule has 35 heavy (non-hydrogen) atoms. The molecule has 0 bridgehead atoms. The standard InChI is InChI=1S/C26H31ClN4O3S/c27-20-7-5-8-21(19-20)31-25(33)22-9-1-2-10-23(22)29-26(31)35-18-4-3-11-24(32)28-12-6-13-30-14-16-34-17-15-30/h1-2,5,7-10,19H,3-4,6,11-18H2,(H,28,32). The molecule has 1 aliphatic heterocycles. The van der Waals surface area contributed by atoms with Crippen LogP contribution in [0.3, 0.4) is 0 Å². The van der Waals surface area contributed by atoms with Gasteiger partial charge in [-0.15, -0.1) is 0 Å². The first-order valence-electron chi connectivity index (χ1n) is 12.1. The van der Waals surface area contributed by atoms with Gasteiger partial charge >= 0.3 is 0 Å². The topological polar surface area (TPSA) is 76.5 Å². The van der Waals surface area contributed by atoms with E-state index in [0.717, 1.165) is 57.9 Å². The van der Waals surface area contributed by atoms with E-state index in [1.807, 2.05) is 30.3 Å². The normalized spacial score (nSPS) is 14.3. The average molecular weight is 515 g/mol. The van der Waals surface area contributed by atoms with Crippen molar-refractivity contribution >= 4 is 40.2 Å². The summed E-state index contributed by atoms with van der Waals surface area (Å²) in [6.07, 6.45) is 3.10. The van der Waals surface area contributed by atoms with Gasteiger partial charge in [0.15, 0.2) is 5.16 Å². The second kappa shape index (κ2) is 13.1. The van der Waals surface area contributed by atoms with Gasteiger partial charge in [0.2, 0.25) is 5.91 Å². The van der Waals surface area contributed by atoms with Gasteiger partial charge in [-0.1, -0.05) is 41.6 Å². The highest BCUT2D eigenvalue weighted by Gasteiger charge is 2.14. The third-order valence-electron chi connectivity index (χ3n) is 5.92. The maximum atomic E-state index is 13.3. The van der Waals surface area contributed by atoms with Crippen molar-refractivity contribution in [1.29, 1.82) is 0 Å². The summed E-state index contributed by atoms with van der Waals surface area (Å²) < 4.78 is 6.98. The molecule has 0 unspecified atom stereocenters. The maximum Gasteiger partial charge on any atom is 0.266 e. The Morgan fingerprint density at radius 2 is 1.91 bits per heavy atom. The number of amides is 1. The number of morpholine rings is 1. The number of para-hydroxylation sites is 1. The molecule has 0 saturated carbocycles. The van der Waals surface area contributed by atoms with Crippen molar-refractivity contribution in [3.05, 3.63) is 63.9 Å². The molecule has 1 fully saturated rings. The van der Waals surface area contributed by atoms with Gasteiger partial charge in [-0.05, 0) is 56.1 Å². The first-order valence-corrected chi connectivity index (χ1v) is 13.5. The summed E-state index contributed by atoms with van der Waals surface area (Å²) in [5.41, 5.74) is 1.26. The summed E-state index contributed by atoms with van der Waals surface area (Å²) in [4.78, 5) is 32.6. The Balaban J connectivity index is 1.27. The molecule has 0 atom stereocenters. The van der Waals surface area contributed by atoms with Gasteiger partial charge in [0, 0.05) is 36.8 Å². The zero-order chi connectivity index (χ0) is 24.5. The number of fused-ring (bicyclic) bond motifs is 1. The van der Waals surface area contributed by atoms with E-state index in [1.54, 1.807) is 22.8 Å². The number of halogens is 1. The summed E-state index contributed by atoms with van der Waals surface area (Å²) in [5, 5.41) is 4.78. The molecule has 4 rings (SSSR count). The fourth-order valence-corrected chi connectivity index (χ4v) is 5.24. The zero-order valence-corrected chi connectivity index (χ0v) is 21.3. The number of unbranched alkanes of at least 4 members (excludes halogenated alkanes) is 1. The van der Waals surface area contributed by atoms with E-state index in [1.165, 1.54) is 11.8 Å². The Morgan fingerprint density at radius 3 is 2.74 bits per heavy atom. The maximum absolute atomic E-state index is 13.3. The van der Waals surface area contributed by atoms with E-state index in [-0.39, 0.29) is 11.5 Å². The minimum atomic E-state index is -0.114. The van der Waals surface area contributed by atoms with Crippen LogP contribution in [0.4, 0.5) is 0 Å². The van der Waals surface area contributed by atoms with Gasteiger partial charge in [-0.2, -0.15) is 0 Å². The number of carbonyl (C=O) groups excluding carboxylic acids is 1. The number of aromatic nitrogens is 2. The van der Waals surface area contributed by atoms with Crippen LogP contribution in [-0.4, -0.2) is 65.5 Å². The molecule has 1 aliphatic rings. The van der Waals surface area contributed by atoms with Gasteiger partial charge in [0.25, 0.3) is 5.56 Å². The first kappa shape index (κ1) is 25.7. The lowest BCUT2D eigenvalue weighted by Crippen LogP contribution is -2.38. The number of benzene rings is 2. The molecule has 3 aromatic rings. The molecule has 0 radical (unpaired) electrons. The highest BCUT2D eigenvalue weighted by Crippen LogP contribution is 2.24. The predicted molar refractivity (Wildman–Crippen MR) is 142 cm³/mol. The van der Waals surface area contributed by atoms with E-state index >= 15 is 0 Å². The number of thioether (sulfide) groups is 1. The van der Waals surface area contributed by atoms with Crippen molar-refractivity contribution in [3.8, 4) is 5.69 Å². The number of nitrogens with zero attached hydrogens (tertiary/aromatic N) is 3. The Morgan fingerprint density at radius 1 is 1.09 bits per heavy atom. The number of ether oxygens (including phenoxy) is 1. The number of carbonyl (C=O) groups is 1. The van der Waals surface area contributed by atoms with E-state index < -0.39 is 0 Å². The van der Waals surface area contributed by atoms with Gasteiger partial charge in [0.1, 0.15) is 0 Å². The molecule has 1 N–H and O–H groups in total. The van der Waals surface area contributed by atoms with Crippen molar-refractivity contribution in [1.82, 2.24) is 19.8 Å². The Hall–Kier alpha value is -2.39. The molecule has 1 saturated heterocycles. The van der Waals surface area contributed by atoms with Crippen molar-refractivity contribution < 1.29 is 9.53 Å². The molecule has 1 amide bonds. The second-order valence-corrected chi connectivity index (χ2v) is 9.99. The summed E-state index contributed by atoms with van der Waals surface area (Å²) >= 11 is 7.72. The summed E-state index contributed by atoms with van der Waals surface area (Å²) in [7, 11) is 0. The number of nitrogens with one attached hydrogen (secondary N) is 1. The minimum Gasteiger partial charge on any atom is -0.379 e. The summed E-state index contributed by atoms with van der Waals surface area (Å²) in [6, 6.07) is 14.6. The Labute approximate surface area is 214 Å². The van der Waals surface area contributed by atoms with Crippen LogP contribution < -0.4 is 10.9 Å². The van der Waals surface area contributed by atoms with E-state index in [9.17, 15) is 9.59 Å². The lowest BCUT2D eigenvalue weighted by Gasteiger charge is -2.26. The van der Waals surface area contributed by atoms with Crippen molar-refractivity contribution in [2.24, 2.45) is 0 Å². The lowest BCUT2D eigenvalue weighted by molar-refractivity contribution is -0.121. The van der Waals surface area contributed by atoms with Crippen LogP contribution >= 0.6 is 23.4 Å². The van der Waals surface area contributed by atoms with Crippen molar-refractivity contribution in [3.63, 3.8) is 0 Å².